The number of aromatic nitrogens is 1. The Labute approximate surface area is 110 Å². The first-order chi connectivity index (χ1) is 8.57. The van der Waals surface area contributed by atoms with Gasteiger partial charge in [-0.3, -0.25) is 4.98 Å². The lowest BCUT2D eigenvalue weighted by Crippen LogP contribution is -2.43. The molecule has 0 saturated heterocycles. The largest absolute Gasteiger partial charge is 0.389 e. The Morgan fingerprint density at radius 2 is 2.33 bits per heavy atom. The molecule has 0 aromatic carbocycles. The molecule has 2 atom stereocenters. The van der Waals surface area contributed by atoms with Crippen molar-refractivity contribution < 1.29 is 5.11 Å². The SMILES string of the molecule is Cc1cncc(CNCC2(O)CCCC(C)C2)c1. The van der Waals surface area contributed by atoms with Crippen LogP contribution in [0.3, 0.4) is 0 Å². The maximum absolute atomic E-state index is 10.5. The molecule has 1 aromatic heterocycles. The van der Waals surface area contributed by atoms with E-state index in [1.165, 1.54) is 17.5 Å². The van der Waals surface area contributed by atoms with Gasteiger partial charge in [-0.15, -0.1) is 0 Å². The number of hydrogen-bond acceptors (Lipinski definition) is 3. The maximum Gasteiger partial charge on any atom is 0.0774 e. The van der Waals surface area contributed by atoms with Crippen LogP contribution in [0.25, 0.3) is 0 Å². The summed E-state index contributed by atoms with van der Waals surface area (Å²) in [5, 5.41) is 13.9. The predicted octanol–water partition coefficient (Wildman–Crippen LogP) is 2.42. The van der Waals surface area contributed by atoms with Crippen LogP contribution in [0.2, 0.25) is 0 Å². The van der Waals surface area contributed by atoms with E-state index >= 15 is 0 Å². The molecule has 2 rings (SSSR count). The Morgan fingerprint density at radius 1 is 1.50 bits per heavy atom. The summed E-state index contributed by atoms with van der Waals surface area (Å²) in [7, 11) is 0. The van der Waals surface area contributed by atoms with Crippen LogP contribution in [0.5, 0.6) is 0 Å². The van der Waals surface area contributed by atoms with Gasteiger partial charge in [0.15, 0.2) is 0 Å². The second-order valence-corrected chi connectivity index (χ2v) is 5.90. The zero-order valence-corrected chi connectivity index (χ0v) is 11.4. The molecule has 3 nitrogen and oxygen atoms in total. The van der Waals surface area contributed by atoms with Gasteiger partial charge < -0.3 is 10.4 Å². The molecule has 0 bridgehead atoms. The van der Waals surface area contributed by atoms with Crippen LogP contribution in [0.15, 0.2) is 18.5 Å². The summed E-state index contributed by atoms with van der Waals surface area (Å²) in [4.78, 5) is 4.18. The molecule has 1 aliphatic rings. The molecular formula is C15H24N2O. The first kappa shape index (κ1) is 13.5. The average Bonchev–Trinajstić information content (AvgIpc) is 2.28. The Bertz CT molecular complexity index is 394. The van der Waals surface area contributed by atoms with Crippen LogP contribution < -0.4 is 5.32 Å². The number of aliphatic hydroxyl groups is 1. The molecule has 1 heterocycles. The molecule has 2 N–H and O–H groups in total. The fraction of sp³-hybridized carbons (Fsp3) is 0.667. The Balaban J connectivity index is 1.81. The van der Waals surface area contributed by atoms with Gasteiger partial charge in [-0.1, -0.05) is 25.8 Å². The Kier molecular flexibility index (Phi) is 4.36. The highest BCUT2D eigenvalue weighted by atomic mass is 16.3. The van der Waals surface area contributed by atoms with Crippen molar-refractivity contribution in [3.8, 4) is 0 Å². The smallest absolute Gasteiger partial charge is 0.0774 e. The van der Waals surface area contributed by atoms with Gasteiger partial charge in [0.25, 0.3) is 0 Å². The topological polar surface area (TPSA) is 45.2 Å². The van der Waals surface area contributed by atoms with Crippen LogP contribution in [-0.2, 0) is 6.54 Å². The van der Waals surface area contributed by atoms with Crippen LogP contribution in [0.1, 0.15) is 43.7 Å². The van der Waals surface area contributed by atoms with Gasteiger partial charge in [0.2, 0.25) is 0 Å². The van der Waals surface area contributed by atoms with Crippen LogP contribution in [0, 0.1) is 12.8 Å². The van der Waals surface area contributed by atoms with E-state index in [4.69, 9.17) is 0 Å². The first-order valence-electron chi connectivity index (χ1n) is 6.91. The summed E-state index contributed by atoms with van der Waals surface area (Å²) < 4.78 is 0. The summed E-state index contributed by atoms with van der Waals surface area (Å²) in [6, 6.07) is 2.13. The molecule has 1 aliphatic carbocycles. The highest BCUT2D eigenvalue weighted by molar-refractivity contribution is 5.16. The maximum atomic E-state index is 10.5. The second-order valence-electron chi connectivity index (χ2n) is 5.90. The van der Waals surface area contributed by atoms with Crippen LogP contribution in [0.4, 0.5) is 0 Å². The van der Waals surface area contributed by atoms with Crippen molar-refractivity contribution >= 4 is 0 Å². The molecule has 0 amide bonds. The van der Waals surface area contributed by atoms with Crippen molar-refractivity contribution in [1.29, 1.82) is 0 Å². The average molecular weight is 248 g/mol. The summed E-state index contributed by atoms with van der Waals surface area (Å²) in [5.41, 5.74) is 1.86. The quantitative estimate of drug-likeness (QED) is 0.860. The number of hydrogen-bond donors (Lipinski definition) is 2. The Hall–Kier alpha value is -0.930. The van der Waals surface area contributed by atoms with E-state index in [0.717, 1.165) is 25.8 Å². The molecule has 1 saturated carbocycles. The monoisotopic (exact) mass is 248 g/mol. The van der Waals surface area contributed by atoms with E-state index in [1.54, 1.807) is 0 Å². The lowest BCUT2D eigenvalue weighted by molar-refractivity contribution is -0.0119. The molecule has 18 heavy (non-hydrogen) atoms. The van der Waals surface area contributed by atoms with E-state index < -0.39 is 5.60 Å². The number of nitrogens with zero attached hydrogens (tertiary/aromatic N) is 1. The van der Waals surface area contributed by atoms with Crippen molar-refractivity contribution in [1.82, 2.24) is 10.3 Å². The zero-order valence-electron chi connectivity index (χ0n) is 11.4. The van der Waals surface area contributed by atoms with Gasteiger partial charge in [-0.2, -0.15) is 0 Å². The van der Waals surface area contributed by atoms with Gasteiger partial charge in [-0.25, -0.2) is 0 Å². The lowest BCUT2D eigenvalue weighted by Gasteiger charge is -2.35. The van der Waals surface area contributed by atoms with Crippen LogP contribution >= 0.6 is 0 Å². The number of pyridine rings is 1. The van der Waals surface area contributed by atoms with Crippen molar-refractivity contribution in [2.24, 2.45) is 5.92 Å². The zero-order chi connectivity index (χ0) is 13.0. The van der Waals surface area contributed by atoms with Gasteiger partial charge in [0, 0.05) is 25.5 Å². The van der Waals surface area contributed by atoms with Crippen molar-refractivity contribution in [3.05, 3.63) is 29.6 Å². The van der Waals surface area contributed by atoms with Gasteiger partial charge in [0.05, 0.1) is 5.60 Å². The van der Waals surface area contributed by atoms with E-state index in [0.29, 0.717) is 12.5 Å². The molecule has 0 radical (unpaired) electrons. The minimum Gasteiger partial charge on any atom is -0.389 e. The van der Waals surface area contributed by atoms with Crippen molar-refractivity contribution in [2.45, 2.75) is 51.7 Å². The van der Waals surface area contributed by atoms with Gasteiger partial charge >= 0.3 is 0 Å². The van der Waals surface area contributed by atoms with E-state index in [9.17, 15) is 5.11 Å². The highest BCUT2D eigenvalue weighted by Crippen LogP contribution is 2.31. The van der Waals surface area contributed by atoms with E-state index in [1.807, 2.05) is 19.3 Å². The van der Waals surface area contributed by atoms with Gasteiger partial charge in [0.1, 0.15) is 0 Å². The second kappa shape index (κ2) is 5.81. The summed E-state index contributed by atoms with van der Waals surface area (Å²) in [5.74, 6) is 0.645. The third-order valence-electron chi connectivity index (χ3n) is 3.78. The van der Waals surface area contributed by atoms with Crippen molar-refractivity contribution in [3.63, 3.8) is 0 Å². The molecule has 2 unspecified atom stereocenters. The minimum atomic E-state index is -0.505. The third kappa shape index (κ3) is 3.79. The molecule has 1 fully saturated rings. The summed E-state index contributed by atoms with van der Waals surface area (Å²) in [6.45, 7) is 5.75. The highest BCUT2D eigenvalue weighted by Gasteiger charge is 2.31. The summed E-state index contributed by atoms with van der Waals surface area (Å²) >= 11 is 0. The standard InChI is InChI=1S/C15H24N2O/c1-12-4-3-5-15(18,7-12)11-17-10-14-6-13(2)8-16-9-14/h6,8-9,12,17-18H,3-5,7,10-11H2,1-2H3. The predicted molar refractivity (Wildman–Crippen MR) is 73.3 cm³/mol. The van der Waals surface area contributed by atoms with Crippen molar-refractivity contribution in [2.75, 3.05) is 6.54 Å². The number of nitrogens with one attached hydrogen (secondary N) is 1. The number of aryl methyl sites for hydroxylation is 1. The lowest BCUT2D eigenvalue weighted by atomic mass is 9.79. The Morgan fingerprint density at radius 3 is 3.06 bits per heavy atom. The fourth-order valence-electron chi connectivity index (χ4n) is 2.95. The fourth-order valence-corrected chi connectivity index (χ4v) is 2.95. The van der Waals surface area contributed by atoms with E-state index in [2.05, 4.69) is 23.3 Å². The molecule has 1 aromatic rings. The van der Waals surface area contributed by atoms with Gasteiger partial charge in [-0.05, 0) is 36.8 Å². The summed E-state index contributed by atoms with van der Waals surface area (Å²) in [6.07, 6.45) is 7.99. The molecule has 0 spiro atoms. The molecule has 100 valence electrons. The minimum absolute atomic E-state index is 0.505. The normalized spacial score (nSPS) is 28.3. The third-order valence-corrected chi connectivity index (χ3v) is 3.78. The first-order valence-corrected chi connectivity index (χ1v) is 6.91. The van der Waals surface area contributed by atoms with Crippen LogP contribution in [-0.4, -0.2) is 22.2 Å². The number of rotatable bonds is 4. The molecular weight excluding hydrogens is 224 g/mol. The molecule has 0 aliphatic heterocycles. The van der Waals surface area contributed by atoms with E-state index in [-0.39, 0.29) is 0 Å². The molecule has 3 heteroatoms.